The van der Waals surface area contributed by atoms with Gasteiger partial charge in [0.25, 0.3) is 0 Å². The van der Waals surface area contributed by atoms with Gasteiger partial charge in [0.15, 0.2) is 0 Å². The van der Waals surface area contributed by atoms with Gasteiger partial charge in [0.1, 0.15) is 0 Å². The van der Waals surface area contributed by atoms with Crippen molar-refractivity contribution in [2.45, 2.75) is 25.7 Å². The molecule has 0 nitrogen and oxygen atoms in total. The first kappa shape index (κ1) is 10.8. The van der Waals surface area contributed by atoms with Crippen molar-refractivity contribution in [2.75, 3.05) is 0 Å². The average molecular weight is 186 g/mol. The quantitative estimate of drug-likeness (QED) is 0.494. The molecule has 0 fully saturated rings. The molecular formula is C14H18. The molecule has 14 heavy (non-hydrogen) atoms. The zero-order valence-corrected chi connectivity index (χ0v) is 8.60. The van der Waals surface area contributed by atoms with E-state index < -0.39 is 0 Å². The predicted molar refractivity (Wildman–Crippen MR) is 64.2 cm³/mol. The van der Waals surface area contributed by atoms with Crippen LogP contribution in [0.25, 0.3) is 0 Å². The molecule has 0 amide bonds. The van der Waals surface area contributed by atoms with E-state index in [0.29, 0.717) is 0 Å². The zero-order valence-electron chi connectivity index (χ0n) is 8.60. The third kappa shape index (κ3) is 6.24. The zero-order chi connectivity index (χ0) is 9.90. The summed E-state index contributed by atoms with van der Waals surface area (Å²) < 4.78 is 0. The van der Waals surface area contributed by atoms with Crippen molar-refractivity contribution in [2.24, 2.45) is 0 Å². The monoisotopic (exact) mass is 186 g/mol. The van der Waals surface area contributed by atoms with Gasteiger partial charge in [-0.15, -0.1) is 0 Å². The summed E-state index contributed by atoms with van der Waals surface area (Å²) in [4.78, 5) is 0. The highest BCUT2D eigenvalue weighted by Crippen LogP contribution is 1.97. The fourth-order valence-electron chi connectivity index (χ4n) is 1.22. The Balaban J connectivity index is 2.45. The highest BCUT2D eigenvalue weighted by molar-refractivity contribution is 5.12. The molecule has 1 rings (SSSR count). The van der Waals surface area contributed by atoms with Crippen LogP contribution in [0.1, 0.15) is 25.7 Å². The van der Waals surface area contributed by atoms with Crippen LogP contribution < -0.4 is 0 Å². The van der Waals surface area contributed by atoms with Crippen molar-refractivity contribution in [3.8, 4) is 0 Å². The van der Waals surface area contributed by atoms with Crippen molar-refractivity contribution in [1.82, 2.24) is 0 Å². The summed E-state index contributed by atoms with van der Waals surface area (Å²) >= 11 is 0. The van der Waals surface area contributed by atoms with Gasteiger partial charge in [-0.05, 0) is 25.7 Å². The molecule has 0 saturated carbocycles. The van der Waals surface area contributed by atoms with Crippen molar-refractivity contribution in [3.05, 3.63) is 60.8 Å². The molecule has 0 radical (unpaired) electrons. The Morgan fingerprint density at radius 2 is 1.00 bits per heavy atom. The number of hydrogen-bond acceptors (Lipinski definition) is 0. The van der Waals surface area contributed by atoms with Crippen LogP contribution in [0, 0.1) is 0 Å². The van der Waals surface area contributed by atoms with Crippen molar-refractivity contribution >= 4 is 0 Å². The summed E-state index contributed by atoms with van der Waals surface area (Å²) in [5, 5.41) is 0. The normalized spacial score (nSPS) is 25.1. The Hall–Kier alpha value is -1.30. The number of allylic oxidation sites excluding steroid dienone is 10. The predicted octanol–water partition coefficient (Wildman–Crippen LogP) is 4.34. The van der Waals surface area contributed by atoms with E-state index in [1.807, 2.05) is 0 Å². The summed E-state index contributed by atoms with van der Waals surface area (Å²) in [5.74, 6) is 0. The first-order valence-corrected chi connectivity index (χ1v) is 5.28. The maximum atomic E-state index is 2.25. The molecule has 0 heterocycles. The second kappa shape index (κ2) is 8.31. The van der Waals surface area contributed by atoms with E-state index in [4.69, 9.17) is 0 Å². The maximum Gasteiger partial charge on any atom is -0.0166 e. The highest BCUT2D eigenvalue weighted by Gasteiger charge is 1.77. The summed E-state index contributed by atoms with van der Waals surface area (Å²) in [6.07, 6.45) is 26.0. The van der Waals surface area contributed by atoms with Gasteiger partial charge < -0.3 is 0 Å². The van der Waals surface area contributed by atoms with E-state index >= 15 is 0 Å². The lowest BCUT2D eigenvalue weighted by atomic mass is 10.2. The van der Waals surface area contributed by atoms with Gasteiger partial charge in [0.05, 0.1) is 0 Å². The molecule has 0 aliphatic heterocycles. The number of hydrogen-bond donors (Lipinski definition) is 0. The molecule has 0 aromatic heterocycles. The molecule has 0 heteroatoms. The van der Waals surface area contributed by atoms with E-state index in [9.17, 15) is 0 Å². The SMILES string of the molecule is C1=C/C=C/C/C=C\C/C=C\CCC=C1. The second-order valence-electron chi connectivity index (χ2n) is 3.23. The maximum absolute atomic E-state index is 2.25. The summed E-state index contributed by atoms with van der Waals surface area (Å²) in [5.41, 5.74) is 0. The van der Waals surface area contributed by atoms with E-state index in [1.165, 1.54) is 0 Å². The van der Waals surface area contributed by atoms with Crippen LogP contribution in [0.3, 0.4) is 0 Å². The van der Waals surface area contributed by atoms with Gasteiger partial charge in [-0.1, -0.05) is 60.8 Å². The summed E-state index contributed by atoms with van der Waals surface area (Å²) in [7, 11) is 0. The lowest BCUT2D eigenvalue weighted by molar-refractivity contribution is 1.04. The van der Waals surface area contributed by atoms with Crippen LogP contribution in [0.2, 0.25) is 0 Å². The van der Waals surface area contributed by atoms with Crippen LogP contribution in [0.5, 0.6) is 0 Å². The molecule has 0 aromatic carbocycles. The van der Waals surface area contributed by atoms with Crippen LogP contribution in [-0.2, 0) is 0 Å². The third-order valence-corrected chi connectivity index (χ3v) is 1.98. The fraction of sp³-hybridized carbons (Fsp3) is 0.286. The van der Waals surface area contributed by atoms with Crippen LogP contribution >= 0.6 is 0 Å². The fourth-order valence-corrected chi connectivity index (χ4v) is 1.22. The second-order valence-corrected chi connectivity index (χ2v) is 3.23. The lowest BCUT2D eigenvalue weighted by Gasteiger charge is -1.87. The van der Waals surface area contributed by atoms with Crippen LogP contribution in [0.4, 0.5) is 0 Å². The Labute approximate surface area is 87.0 Å². The van der Waals surface area contributed by atoms with E-state index in [-0.39, 0.29) is 0 Å². The van der Waals surface area contributed by atoms with Gasteiger partial charge in [0, 0.05) is 0 Å². The van der Waals surface area contributed by atoms with Crippen molar-refractivity contribution < 1.29 is 0 Å². The summed E-state index contributed by atoms with van der Waals surface area (Å²) in [6, 6.07) is 0. The minimum atomic E-state index is 1.03. The van der Waals surface area contributed by atoms with Crippen LogP contribution in [0.15, 0.2) is 60.8 Å². The Morgan fingerprint density at radius 3 is 1.86 bits per heavy atom. The average Bonchev–Trinajstić information content (AvgIpc) is 2.22. The van der Waals surface area contributed by atoms with Crippen molar-refractivity contribution in [1.29, 1.82) is 0 Å². The Bertz CT molecular complexity index is 262. The molecule has 0 spiro atoms. The molecule has 0 aromatic rings. The molecule has 1 aliphatic carbocycles. The largest absolute Gasteiger partial charge is 0.0879 e. The van der Waals surface area contributed by atoms with E-state index in [0.717, 1.165) is 25.7 Å². The molecule has 0 saturated heterocycles. The van der Waals surface area contributed by atoms with E-state index in [1.54, 1.807) is 0 Å². The topological polar surface area (TPSA) is 0 Å². The Morgan fingerprint density at radius 1 is 0.429 bits per heavy atom. The van der Waals surface area contributed by atoms with Gasteiger partial charge in [-0.25, -0.2) is 0 Å². The minimum Gasteiger partial charge on any atom is -0.0879 e. The van der Waals surface area contributed by atoms with Gasteiger partial charge in [-0.3, -0.25) is 0 Å². The minimum absolute atomic E-state index is 1.03. The molecule has 0 N–H and O–H groups in total. The van der Waals surface area contributed by atoms with E-state index in [2.05, 4.69) is 60.8 Å². The smallest absolute Gasteiger partial charge is 0.0166 e. The van der Waals surface area contributed by atoms with Crippen LogP contribution in [-0.4, -0.2) is 0 Å². The number of rotatable bonds is 0. The highest BCUT2D eigenvalue weighted by atomic mass is 13.8. The Kier molecular flexibility index (Phi) is 6.39. The lowest BCUT2D eigenvalue weighted by Crippen LogP contribution is -1.66. The first-order valence-electron chi connectivity index (χ1n) is 5.28. The first-order chi connectivity index (χ1) is 7.00. The molecule has 1 aliphatic rings. The molecule has 74 valence electrons. The molecule has 0 bridgehead atoms. The summed E-state index contributed by atoms with van der Waals surface area (Å²) in [6.45, 7) is 0. The van der Waals surface area contributed by atoms with Gasteiger partial charge >= 0.3 is 0 Å². The molecular weight excluding hydrogens is 168 g/mol. The molecule has 0 unspecified atom stereocenters. The van der Waals surface area contributed by atoms with Gasteiger partial charge in [0.2, 0.25) is 0 Å². The van der Waals surface area contributed by atoms with Crippen molar-refractivity contribution in [3.63, 3.8) is 0 Å². The third-order valence-electron chi connectivity index (χ3n) is 1.98. The molecule has 0 atom stereocenters. The standard InChI is InChI=1S/C14H18/c1-2-4-6-8-10-12-14-13-11-9-7-5-3-1/h1-6,9,11-12,14H,7-8,10,13H2/b2-1?,5-3+,6-4?,11-9-,14-12-. The van der Waals surface area contributed by atoms with Gasteiger partial charge in [-0.2, -0.15) is 0 Å².